The molecule has 378 valence electrons. The fourth-order valence-electron chi connectivity index (χ4n) is 6.52. The summed E-state index contributed by atoms with van der Waals surface area (Å²) >= 11 is 0. The molecule has 0 N–H and O–H groups in total. The topological polar surface area (TPSA) is 128 Å². The number of hydrogen-bond donors (Lipinski definition) is 0. The maximum absolute atomic E-state index is 12.9. The second kappa shape index (κ2) is 48.9. The van der Waals surface area contributed by atoms with Gasteiger partial charge in [-0.05, 0) is 122 Å². The van der Waals surface area contributed by atoms with Gasteiger partial charge in [0.25, 0.3) is 0 Å². The SMILES string of the molecule is CC/C=C\CCCCOC(CCC(=O)OCCC(CCOC(=O)CCC(OCCCC/C=C\CC)OCCCC/C=C\CC)OC(=O)OCCCN(CC)CC)OCCCC/C=C\CC. The van der Waals surface area contributed by atoms with Crippen molar-refractivity contribution in [3.8, 4) is 0 Å². The molecule has 0 atom stereocenters. The molecule has 12 heteroatoms. The van der Waals surface area contributed by atoms with Crippen LogP contribution in [-0.4, -0.2) is 108 Å². The van der Waals surface area contributed by atoms with E-state index < -0.39 is 24.8 Å². The molecule has 65 heavy (non-hydrogen) atoms. The third-order valence-corrected chi connectivity index (χ3v) is 10.5. The zero-order chi connectivity index (χ0) is 47.7. The first-order valence-electron chi connectivity index (χ1n) is 25.8. The van der Waals surface area contributed by atoms with Gasteiger partial charge in [-0.2, -0.15) is 0 Å². The predicted molar refractivity (Wildman–Crippen MR) is 263 cm³/mol. The molecule has 0 aliphatic rings. The van der Waals surface area contributed by atoms with Crippen LogP contribution < -0.4 is 0 Å². The Hall–Kier alpha value is -3.03. The zero-order valence-corrected chi connectivity index (χ0v) is 42.1. The molecule has 0 fully saturated rings. The predicted octanol–water partition coefficient (Wildman–Crippen LogP) is 12.9. The molecule has 0 saturated carbocycles. The van der Waals surface area contributed by atoms with E-state index in [9.17, 15) is 14.4 Å². The van der Waals surface area contributed by atoms with E-state index in [0.717, 1.165) is 122 Å². The first kappa shape index (κ1) is 62.0. The lowest BCUT2D eigenvalue weighted by Crippen LogP contribution is -2.27. The molecule has 0 aromatic heterocycles. The van der Waals surface area contributed by atoms with Crippen LogP contribution in [0.25, 0.3) is 0 Å². The van der Waals surface area contributed by atoms with Crippen LogP contribution in [0.5, 0.6) is 0 Å². The summed E-state index contributed by atoms with van der Waals surface area (Å²) in [5.74, 6) is -0.775. The molecule has 0 aliphatic carbocycles. The van der Waals surface area contributed by atoms with Crippen molar-refractivity contribution in [1.29, 1.82) is 0 Å². The van der Waals surface area contributed by atoms with E-state index in [1.165, 1.54) is 0 Å². The Bertz CT molecular complexity index is 1080. The van der Waals surface area contributed by atoms with Gasteiger partial charge in [-0.1, -0.05) is 90.2 Å². The van der Waals surface area contributed by atoms with Crippen molar-refractivity contribution in [2.24, 2.45) is 0 Å². The summed E-state index contributed by atoms with van der Waals surface area (Å²) in [6.07, 6.45) is 33.1. The molecule has 0 amide bonds. The quantitative estimate of drug-likeness (QED) is 0.0189. The van der Waals surface area contributed by atoms with Crippen molar-refractivity contribution >= 4 is 18.1 Å². The van der Waals surface area contributed by atoms with E-state index in [-0.39, 0.29) is 57.4 Å². The van der Waals surface area contributed by atoms with Crippen molar-refractivity contribution in [3.05, 3.63) is 48.6 Å². The van der Waals surface area contributed by atoms with Gasteiger partial charge in [-0.15, -0.1) is 0 Å². The minimum Gasteiger partial charge on any atom is -0.466 e. The van der Waals surface area contributed by atoms with Gasteiger partial charge in [0.2, 0.25) is 0 Å². The van der Waals surface area contributed by atoms with E-state index in [1.54, 1.807) is 0 Å². The Morgan fingerprint density at radius 3 is 1.12 bits per heavy atom. The number of unbranched alkanes of at least 4 members (excludes halogenated alkanes) is 8. The Balaban J connectivity index is 5.23. The fraction of sp³-hybridized carbons (Fsp3) is 0.792. The van der Waals surface area contributed by atoms with Crippen molar-refractivity contribution in [2.75, 3.05) is 65.9 Å². The first-order chi connectivity index (χ1) is 31.8. The Morgan fingerprint density at radius 2 is 0.785 bits per heavy atom. The molecule has 0 aromatic carbocycles. The van der Waals surface area contributed by atoms with E-state index >= 15 is 0 Å². The Kier molecular flexibility index (Phi) is 46.6. The normalized spacial score (nSPS) is 12.2. The number of carbonyl (C=O) groups excluding carboxylic acids is 3. The number of nitrogens with zero attached hydrogens (tertiary/aromatic N) is 1. The molecule has 0 saturated heterocycles. The molecular formula is C53H95NO11. The van der Waals surface area contributed by atoms with E-state index in [4.69, 9.17) is 37.9 Å². The van der Waals surface area contributed by atoms with Gasteiger partial charge in [0.05, 0.1) is 32.7 Å². The van der Waals surface area contributed by atoms with Crippen molar-refractivity contribution < 1.29 is 52.3 Å². The maximum Gasteiger partial charge on any atom is 0.508 e. The average molecular weight is 922 g/mol. The smallest absolute Gasteiger partial charge is 0.466 e. The molecule has 0 radical (unpaired) electrons. The van der Waals surface area contributed by atoms with Gasteiger partial charge in [-0.25, -0.2) is 4.79 Å². The number of esters is 2. The molecule has 0 heterocycles. The summed E-state index contributed by atoms with van der Waals surface area (Å²) in [4.78, 5) is 40.8. The van der Waals surface area contributed by atoms with Gasteiger partial charge in [-0.3, -0.25) is 9.59 Å². The average Bonchev–Trinajstić information content (AvgIpc) is 3.30. The van der Waals surface area contributed by atoms with E-state index in [2.05, 4.69) is 95.1 Å². The van der Waals surface area contributed by atoms with Crippen LogP contribution in [-0.2, 0) is 47.5 Å². The van der Waals surface area contributed by atoms with Crippen LogP contribution in [0.2, 0.25) is 0 Å². The first-order valence-corrected chi connectivity index (χ1v) is 25.8. The molecular weight excluding hydrogens is 827 g/mol. The lowest BCUT2D eigenvalue weighted by atomic mass is 10.2. The van der Waals surface area contributed by atoms with Crippen LogP contribution in [0.4, 0.5) is 4.79 Å². The van der Waals surface area contributed by atoms with Crippen molar-refractivity contribution in [1.82, 2.24) is 4.90 Å². The van der Waals surface area contributed by atoms with Gasteiger partial charge < -0.3 is 42.8 Å². The van der Waals surface area contributed by atoms with E-state index in [1.807, 2.05) is 0 Å². The van der Waals surface area contributed by atoms with Crippen LogP contribution in [0.1, 0.15) is 189 Å². The molecule has 0 aromatic rings. The maximum atomic E-state index is 12.9. The standard InChI is InChI=1S/C53H95NO11/c1-7-13-17-21-25-29-41-60-51(61-42-30-26-22-18-14-8-2)36-34-49(55)58-46-38-48(65-53(57)64-45-33-40-54(11-5)12-6)39-47-59-50(56)35-37-52(62-43-31-27-23-19-15-9-3)63-44-32-28-24-20-16-10-4/h13-20,48,51-52H,7-12,21-47H2,1-6H3/b17-13-,18-14-,19-15-,20-16-. The summed E-state index contributed by atoms with van der Waals surface area (Å²) in [6, 6.07) is 0. The molecule has 0 rings (SSSR count). The molecule has 0 spiro atoms. The van der Waals surface area contributed by atoms with Crippen LogP contribution in [0.15, 0.2) is 48.6 Å². The van der Waals surface area contributed by atoms with Gasteiger partial charge in [0.1, 0.15) is 6.10 Å². The number of carbonyl (C=O) groups is 3. The van der Waals surface area contributed by atoms with E-state index in [0.29, 0.717) is 45.7 Å². The largest absolute Gasteiger partial charge is 0.508 e. The summed E-state index contributed by atoms with van der Waals surface area (Å²) in [6.45, 7) is 17.9. The Morgan fingerprint density at radius 1 is 0.415 bits per heavy atom. The zero-order valence-electron chi connectivity index (χ0n) is 42.1. The minimum absolute atomic E-state index is 0.0236. The monoisotopic (exact) mass is 922 g/mol. The second-order valence-corrected chi connectivity index (χ2v) is 16.2. The highest BCUT2D eigenvalue weighted by Crippen LogP contribution is 2.14. The summed E-state index contributed by atoms with van der Waals surface area (Å²) in [5.41, 5.74) is 0. The lowest BCUT2D eigenvalue weighted by molar-refractivity contribution is -0.160. The molecule has 0 bridgehead atoms. The summed E-state index contributed by atoms with van der Waals surface area (Å²) < 4.78 is 46.5. The highest BCUT2D eigenvalue weighted by molar-refractivity contribution is 5.69. The number of allylic oxidation sites excluding steroid dienone is 8. The fourth-order valence-corrected chi connectivity index (χ4v) is 6.52. The lowest BCUT2D eigenvalue weighted by Gasteiger charge is -2.20. The Labute approximate surface area is 396 Å². The molecule has 12 nitrogen and oxygen atoms in total. The number of ether oxygens (including phenoxy) is 8. The van der Waals surface area contributed by atoms with Crippen LogP contribution in [0, 0.1) is 0 Å². The van der Waals surface area contributed by atoms with Gasteiger partial charge in [0.15, 0.2) is 12.6 Å². The van der Waals surface area contributed by atoms with Gasteiger partial charge >= 0.3 is 18.1 Å². The number of rotatable bonds is 47. The highest BCUT2D eigenvalue weighted by atomic mass is 16.7. The van der Waals surface area contributed by atoms with Crippen molar-refractivity contribution in [3.63, 3.8) is 0 Å². The number of hydrogen-bond acceptors (Lipinski definition) is 12. The molecule has 0 unspecified atom stereocenters. The molecule has 0 aliphatic heterocycles. The second-order valence-electron chi connectivity index (χ2n) is 16.2. The highest BCUT2D eigenvalue weighted by Gasteiger charge is 2.20. The van der Waals surface area contributed by atoms with Crippen LogP contribution >= 0.6 is 0 Å². The summed E-state index contributed by atoms with van der Waals surface area (Å²) in [7, 11) is 0. The van der Waals surface area contributed by atoms with Gasteiger partial charge in [0, 0.05) is 58.7 Å². The van der Waals surface area contributed by atoms with Crippen molar-refractivity contribution in [2.45, 2.75) is 208 Å². The minimum atomic E-state index is -0.799. The van der Waals surface area contributed by atoms with Crippen LogP contribution in [0.3, 0.4) is 0 Å². The third-order valence-electron chi connectivity index (χ3n) is 10.5. The third kappa shape index (κ3) is 43.3. The summed E-state index contributed by atoms with van der Waals surface area (Å²) in [5, 5.41) is 0.